The molecule has 0 saturated heterocycles. The summed E-state index contributed by atoms with van der Waals surface area (Å²) in [6.07, 6.45) is 0. The van der Waals surface area contributed by atoms with E-state index in [1.807, 2.05) is 31.2 Å². The lowest BCUT2D eigenvalue weighted by Crippen LogP contribution is -2.01. The van der Waals surface area contributed by atoms with Crippen molar-refractivity contribution in [3.63, 3.8) is 0 Å². The number of ether oxygens (including phenoxy) is 1. The summed E-state index contributed by atoms with van der Waals surface area (Å²) < 4.78 is 5.95. The highest BCUT2D eigenvalue weighted by atomic mass is 16.5. The van der Waals surface area contributed by atoms with E-state index in [9.17, 15) is 9.90 Å². The zero-order valence-electron chi connectivity index (χ0n) is 14.1. The molecule has 0 heterocycles. The Balaban J connectivity index is 1.92. The van der Waals surface area contributed by atoms with Gasteiger partial charge in [-0.3, -0.25) is 0 Å². The number of carboxylic acid groups (broad SMARTS) is 1. The molecule has 0 saturated carbocycles. The molecule has 0 fully saturated rings. The van der Waals surface area contributed by atoms with Gasteiger partial charge in [0.05, 0.1) is 5.56 Å². The van der Waals surface area contributed by atoms with E-state index in [0.717, 1.165) is 22.1 Å². The number of carboxylic acids is 1. The Morgan fingerprint density at radius 3 is 2.33 bits per heavy atom. The zero-order chi connectivity index (χ0) is 17.3. The number of aromatic carboxylic acids is 1. The van der Waals surface area contributed by atoms with Crippen molar-refractivity contribution in [2.75, 3.05) is 0 Å². The molecule has 3 aromatic rings. The maximum atomic E-state index is 11.2. The van der Waals surface area contributed by atoms with Crippen LogP contribution in [0.5, 0.6) is 5.75 Å². The highest BCUT2D eigenvalue weighted by molar-refractivity contribution is 5.96. The van der Waals surface area contributed by atoms with Gasteiger partial charge >= 0.3 is 5.97 Å². The van der Waals surface area contributed by atoms with Crippen LogP contribution >= 0.6 is 0 Å². The van der Waals surface area contributed by atoms with Gasteiger partial charge in [-0.25, -0.2) is 4.79 Å². The first-order valence-electron chi connectivity index (χ1n) is 7.91. The number of hydrogen-bond acceptors (Lipinski definition) is 2. The summed E-state index contributed by atoms with van der Waals surface area (Å²) in [4.78, 5) is 11.2. The predicted octanol–water partition coefficient (Wildman–Crippen LogP) is 5.04. The molecule has 0 radical (unpaired) electrons. The molecule has 0 amide bonds. The van der Waals surface area contributed by atoms with E-state index in [1.165, 1.54) is 16.7 Å². The van der Waals surface area contributed by atoms with Gasteiger partial charge in [0, 0.05) is 0 Å². The van der Waals surface area contributed by atoms with E-state index in [0.29, 0.717) is 12.2 Å². The molecule has 24 heavy (non-hydrogen) atoms. The first-order valence-corrected chi connectivity index (χ1v) is 7.91. The first-order chi connectivity index (χ1) is 11.5. The van der Waals surface area contributed by atoms with Gasteiger partial charge in [-0.1, -0.05) is 24.3 Å². The van der Waals surface area contributed by atoms with Gasteiger partial charge in [0.1, 0.15) is 12.4 Å². The number of rotatable bonds is 4. The molecule has 0 unspecified atom stereocenters. The Labute approximate surface area is 141 Å². The van der Waals surface area contributed by atoms with Gasteiger partial charge in [-0.2, -0.15) is 0 Å². The smallest absolute Gasteiger partial charge is 0.335 e. The van der Waals surface area contributed by atoms with Crippen LogP contribution < -0.4 is 4.74 Å². The van der Waals surface area contributed by atoms with Crippen molar-refractivity contribution in [3.05, 3.63) is 76.3 Å². The third-order valence-electron chi connectivity index (χ3n) is 4.41. The van der Waals surface area contributed by atoms with Crippen molar-refractivity contribution in [3.8, 4) is 5.75 Å². The lowest BCUT2D eigenvalue weighted by Gasteiger charge is -2.12. The minimum absolute atomic E-state index is 0.298. The van der Waals surface area contributed by atoms with Crippen LogP contribution in [0.4, 0.5) is 0 Å². The topological polar surface area (TPSA) is 46.5 Å². The number of fused-ring (bicyclic) bond motifs is 1. The Morgan fingerprint density at radius 1 is 0.958 bits per heavy atom. The number of aryl methyl sites for hydroxylation is 3. The maximum Gasteiger partial charge on any atom is 0.335 e. The molecule has 3 rings (SSSR count). The molecule has 3 aromatic carbocycles. The van der Waals surface area contributed by atoms with E-state index in [-0.39, 0.29) is 0 Å². The average Bonchev–Trinajstić information content (AvgIpc) is 2.54. The van der Waals surface area contributed by atoms with E-state index in [2.05, 4.69) is 26.0 Å². The summed E-state index contributed by atoms with van der Waals surface area (Å²) in [5.41, 5.74) is 4.85. The quantitative estimate of drug-likeness (QED) is 0.732. The highest BCUT2D eigenvalue weighted by Gasteiger charge is 2.08. The largest absolute Gasteiger partial charge is 0.489 e. The van der Waals surface area contributed by atoms with Crippen LogP contribution in [-0.4, -0.2) is 11.1 Å². The van der Waals surface area contributed by atoms with Crippen LogP contribution in [-0.2, 0) is 6.61 Å². The van der Waals surface area contributed by atoms with Crippen molar-refractivity contribution in [2.45, 2.75) is 27.4 Å². The van der Waals surface area contributed by atoms with Crippen molar-refractivity contribution in [1.82, 2.24) is 0 Å². The van der Waals surface area contributed by atoms with Gasteiger partial charge in [0.15, 0.2) is 0 Å². The summed E-state index contributed by atoms with van der Waals surface area (Å²) >= 11 is 0. The number of carbonyl (C=O) groups is 1. The minimum atomic E-state index is -0.915. The van der Waals surface area contributed by atoms with Crippen molar-refractivity contribution < 1.29 is 14.6 Å². The van der Waals surface area contributed by atoms with E-state index >= 15 is 0 Å². The van der Waals surface area contributed by atoms with Crippen molar-refractivity contribution in [1.29, 1.82) is 0 Å². The molecule has 0 aromatic heterocycles. The maximum absolute atomic E-state index is 11.2. The second-order valence-corrected chi connectivity index (χ2v) is 6.14. The number of hydrogen-bond donors (Lipinski definition) is 1. The lowest BCUT2D eigenvalue weighted by atomic mass is 10.0. The molecule has 0 aliphatic carbocycles. The molecular formula is C21H20O3. The lowest BCUT2D eigenvalue weighted by molar-refractivity contribution is 0.0697. The second kappa shape index (κ2) is 6.36. The Morgan fingerprint density at radius 2 is 1.67 bits per heavy atom. The fourth-order valence-corrected chi connectivity index (χ4v) is 2.98. The predicted molar refractivity (Wildman–Crippen MR) is 95.9 cm³/mol. The van der Waals surface area contributed by atoms with Gasteiger partial charge in [-0.15, -0.1) is 0 Å². The molecule has 3 heteroatoms. The third kappa shape index (κ3) is 3.11. The SMILES string of the molecule is Cc1cccc(C)c1COc1ccc2c(C)cc(C(=O)O)cc2c1. The zero-order valence-corrected chi connectivity index (χ0v) is 14.1. The molecule has 0 spiro atoms. The summed E-state index contributed by atoms with van der Waals surface area (Å²) in [5.74, 6) is -0.172. The first kappa shape index (κ1) is 16.1. The average molecular weight is 320 g/mol. The van der Waals surface area contributed by atoms with E-state index in [4.69, 9.17) is 4.74 Å². The molecule has 0 aliphatic heterocycles. The van der Waals surface area contributed by atoms with E-state index < -0.39 is 5.97 Å². The molecule has 3 nitrogen and oxygen atoms in total. The number of benzene rings is 3. The summed E-state index contributed by atoms with van der Waals surface area (Å²) in [5, 5.41) is 11.1. The van der Waals surface area contributed by atoms with Gasteiger partial charge in [0.2, 0.25) is 0 Å². The minimum Gasteiger partial charge on any atom is -0.489 e. The third-order valence-corrected chi connectivity index (χ3v) is 4.41. The fourth-order valence-electron chi connectivity index (χ4n) is 2.98. The Hall–Kier alpha value is -2.81. The molecule has 1 N–H and O–H groups in total. The highest BCUT2D eigenvalue weighted by Crippen LogP contribution is 2.26. The van der Waals surface area contributed by atoms with Crippen LogP contribution in [0.3, 0.4) is 0 Å². The van der Waals surface area contributed by atoms with Crippen LogP contribution in [0.1, 0.15) is 32.6 Å². The fraction of sp³-hybridized carbons (Fsp3) is 0.190. The van der Waals surface area contributed by atoms with Crippen LogP contribution in [0, 0.1) is 20.8 Å². The molecule has 0 atom stereocenters. The Kier molecular flexibility index (Phi) is 4.26. The van der Waals surface area contributed by atoms with Crippen molar-refractivity contribution in [2.24, 2.45) is 0 Å². The molecule has 0 bridgehead atoms. The summed E-state index contributed by atoms with van der Waals surface area (Å²) in [6.45, 7) is 6.58. The molecular weight excluding hydrogens is 300 g/mol. The van der Waals surface area contributed by atoms with Crippen LogP contribution in [0.2, 0.25) is 0 Å². The van der Waals surface area contributed by atoms with E-state index in [1.54, 1.807) is 12.1 Å². The van der Waals surface area contributed by atoms with Gasteiger partial charge in [0.25, 0.3) is 0 Å². The molecule has 122 valence electrons. The monoisotopic (exact) mass is 320 g/mol. The normalized spacial score (nSPS) is 10.8. The second-order valence-electron chi connectivity index (χ2n) is 6.14. The summed E-state index contributed by atoms with van der Waals surface area (Å²) in [6, 6.07) is 15.4. The van der Waals surface area contributed by atoms with Gasteiger partial charge in [-0.05, 0) is 78.1 Å². The summed E-state index contributed by atoms with van der Waals surface area (Å²) in [7, 11) is 0. The Bertz CT molecular complexity index is 906. The standard InChI is InChI=1S/C21H20O3/c1-13-5-4-6-14(2)20(13)12-24-18-7-8-19-15(3)9-17(21(22)23)10-16(19)11-18/h4-11H,12H2,1-3H3,(H,22,23). The molecule has 0 aliphatic rings. The van der Waals surface area contributed by atoms with Crippen LogP contribution in [0.25, 0.3) is 10.8 Å². The van der Waals surface area contributed by atoms with Crippen molar-refractivity contribution >= 4 is 16.7 Å². The van der Waals surface area contributed by atoms with Gasteiger partial charge < -0.3 is 9.84 Å². The van der Waals surface area contributed by atoms with Crippen LogP contribution in [0.15, 0.2) is 48.5 Å².